The summed E-state index contributed by atoms with van der Waals surface area (Å²) < 4.78 is 5.16. The maximum Gasteiger partial charge on any atom is 0.250 e. The van der Waals surface area contributed by atoms with Crippen LogP contribution >= 0.6 is 11.8 Å². The van der Waals surface area contributed by atoms with E-state index < -0.39 is 0 Å². The highest BCUT2D eigenvalue weighted by molar-refractivity contribution is 7.99. The number of nitrogens with zero attached hydrogens (tertiary/aromatic N) is 2. The van der Waals surface area contributed by atoms with E-state index in [1.165, 1.54) is 11.1 Å². The van der Waals surface area contributed by atoms with E-state index in [0.717, 1.165) is 11.3 Å². The van der Waals surface area contributed by atoms with Crippen molar-refractivity contribution in [1.82, 2.24) is 5.43 Å². The number of nitrogens with one attached hydrogen (secondary N) is 1. The van der Waals surface area contributed by atoms with Crippen LogP contribution < -0.4 is 10.2 Å². The quantitative estimate of drug-likeness (QED) is 0.584. The smallest absolute Gasteiger partial charge is 0.250 e. The van der Waals surface area contributed by atoms with Gasteiger partial charge in [-0.1, -0.05) is 29.8 Å². The molecule has 0 heterocycles. The van der Waals surface area contributed by atoms with Crippen LogP contribution in [0.3, 0.4) is 0 Å². The van der Waals surface area contributed by atoms with Crippen molar-refractivity contribution in [3.63, 3.8) is 0 Å². The molecule has 0 radical (unpaired) electrons. The van der Waals surface area contributed by atoms with Crippen LogP contribution in [-0.4, -0.2) is 24.5 Å². The normalized spacial score (nSPS) is 10.4. The largest absolute Gasteiger partial charge is 0.479 e. The van der Waals surface area contributed by atoms with E-state index in [2.05, 4.69) is 41.7 Å². The van der Waals surface area contributed by atoms with E-state index >= 15 is 0 Å². The number of thioether (sulfide) groups is 1. The summed E-state index contributed by atoms with van der Waals surface area (Å²) >= 11 is 1.55. The lowest BCUT2D eigenvalue weighted by Crippen LogP contribution is -2.19. The first-order valence-electron chi connectivity index (χ1n) is 7.72. The number of hydrazone groups is 1. The maximum atomic E-state index is 11.8. The second kappa shape index (κ2) is 10.2. The van der Waals surface area contributed by atoms with Gasteiger partial charge >= 0.3 is 0 Å². The molecule has 1 N–H and O–H groups in total. The molecule has 5 nitrogen and oxygen atoms in total. The summed E-state index contributed by atoms with van der Waals surface area (Å²) in [4.78, 5) is 11.8. The number of amides is 1. The van der Waals surface area contributed by atoms with Crippen LogP contribution in [0.5, 0.6) is 5.75 Å². The predicted octanol–water partition coefficient (Wildman–Crippen LogP) is 3.28. The Morgan fingerprint density at radius 2 is 1.96 bits per heavy atom. The Bertz CT molecular complexity index is 750. The molecular weight excluding hydrogens is 334 g/mol. The summed E-state index contributed by atoms with van der Waals surface area (Å²) in [5, 5.41) is 12.4. The zero-order valence-electron chi connectivity index (χ0n) is 13.9. The number of rotatable bonds is 8. The van der Waals surface area contributed by atoms with E-state index in [1.807, 2.05) is 6.07 Å². The number of carbonyl (C=O) groups is 1. The fourth-order valence-corrected chi connectivity index (χ4v) is 2.70. The molecule has 0 aromatic heterocycles. The molecule has 0 unspecified atom stereocenters. The van der Waals surface area contributed by atoms with Gasteiger partial charge in [0.15, 0.2) is 6.61 Å². The van der Waals surface area contributed by atoms with Crippen molar-refractivity contribution in [2.45, 2.75) is 12.7 Å². The summed E-state index contributed by atoms with van der Waals surface area (Å²) in [6, 6.07) is 17.3. The zero-order valence-corrected chi connectivity index (χ0v) is 14.8. The van der Waals surface area contributed by atoms with Crippen molar-refractivity contribution >= 4 is 23.9 Å². The van der Waals surface area contributed by atoms with Gasteiger partial charge in [-0.05, 0) is 42.3 Å². The van der Waals surface area contributed by atoms with Crippen molar-refractivity contribution in [3.05, 3.63) is 65.2 Å². The zero-order chi connectivity index (χ0) is 17.9. The Morgan fingerprint density at radius 1 is 1.24 bits per heavy atom. The molecule has 0 spiro atoms. The van der Waals surface area contributed by atoms with Gasteiger partial charge in [0.1, 0.15) is 11.8 Å². The molecule has 128 valence electrons. The SMILES string of the molecule is Cc1ccc(CSCC(=O)N/N=C\c2ccc(OCC#N)cc2)cc1. The lowest BCUT2D eigenvalue weighted by Gasteiger charge is -2.02. The van der Waals surface area contributed by atoms with Gasteiger partial charge in [-0.25, -0.2) is 5.43 Å². The third-order valence-electron chi connectivity index (χ3n) is 3.21. The molecule has 0 fully saturated rings. The van der Waals surface area contributed by atoms with Gasteiger partial charge in [0.2, 0.25) is 5.91 Å². The molecule has 0 saturated heterocycles. The van der Waals surface area contributed by atoms with Gasteiger partial charge in [-0.3, -0.25) is 4.79 Å². The standard InChI is InChI=1S/C19H19N3O2S/c1-15-2-4-17(5-3-15)13-25-14-19(23)22-21-12-16-6-8-18(9-7-16)24-11-10-20/h2-9,12H,11,13-14H2,1H3,(H,22,23)/b21-12-. The number of nitriles is 1. The third-order valence-corrected chi connectivity index (χ3v) is 4.21. The minimum Gasteiger partial charge on any atom is -0.479 e. The molecule has 25 heavy (non-hydrogen) atoms. The summed E-state index contributed by atoms with van der Waals surface area (Å²) in [5.74, 6) is 1.63. The lowest BCUT2D eigenvalue weighted by atomic mass is 10.2. The van der Waals surface area contributed by atoms with E-state index in [1.54, 1.807) is 42.2 Å². The van der Waals surface area contributed by atoms with Crippen LogP contribution in [0, 0.1) is 18.3 Å². The van der Waals surface area contributed by atoms with Crippen molar-refractivity contribution < 1.29 is 9.53 Å². The summed E-state index contributed by atoms with van der Waals surface area (Å²) in [7, 11) is 0. The van der Waals surface area contributed by atoms with E-state index in [9.17, 15) is 4.79 Å². The average molecular weight is 353 g/mol. The second-order valence-corrected chi connectivity index (χ2v) is 6.27. The highest BCUT2D eigenvalue weighted by atomic mass is 32.2. The Balaban J connectivity index is 1.69. The van der Waals surface area contributed by atoms with Crippen LogP contribution in [0.2, 0.25) is 0 Å². The van der Waals surface area contributed by atoms with Gasteiger partial charge < -0.3 is 4.74 Å². The van der Waals surface area contributed by atoms with Crippen LogP contribution in [0.1, 0.15) is 16.7 Å². The first kappa shape index (κ1) is 18.6. The molecular formula is C19H19N3O2S. The highest BCUT2D eigenvalue weighted by Gasteiger charge is 2.01. The minimum absolute atomic E-state index is 0.0176. The molecule has 0 saturated carbocycles. The Morgan fingerprint density at radius 3 is 2.64 bits per heavy atom. The predicted molar refractivity (Wildman–Crippen MR) is 101 cm³/mol. The van der Waals surface area contributed by atoms with Gasteiger partial charge in [0.05, 0.1) is 12.0 Å². The van der Waals surface area contributed by atoms with Gasteiger partial charge in [-0.2, -0.15) is 10.4 Å². The van der Waals surface area contributed by atoms with Gasteiger partial charge in [-0.15, -0.1) is 11.8 Å². The molecule has 0 aliphatic carbocycles. The summed E-state index contributed by atoms with van der Waals surface area (Å²) in [6.07, 6.45) is 1.57. The molecule has 6 heteroatoms. The molecule has 1 amide bonds. The summed E-state index contributed by atoms with van der Waals surface area (Å²) in [5.41, 5.74) is 5.77. The summed E-state index contributed by atoms with van der Waals surface area (Å²) in [6.45, 7) is 2.07. The Hall–Kier alpha value is -2.78. The average Bonchev–Trinajstić information content (AvgIpc) is 2.63. The Labute approximate surface area is 151 Å². The number of ether oxygens (including phenoxy) is 1. The van der Waals surface area contributed by atoms with Crippen molar-refractivity contribution in [2.75, 3.05) is 12.4 Å². The molecule has 2 aromatic rings. The van der Waals surface area contributed by atoms with Crippen molar-refractivity contribution in [3.8, 4) is 11.8 Å². The molecule has 0 aliphatic rings. The second-order valence-electron chi connectivity index (χ2n) is 5.29. The van der Waals surface area contributed by atoms with Crippen LogP contribution in [-0.2, 0) is 10.5 Å². The van der Waals surface area contributed by atoms with Crippen LogP contribution in [0.4, 0.5) is 0 Å². The highest BCUT2D eigenvalue weighted by Crippen LogP contribution is 2.13. The number of hydrogen-bond acceptors (Lipinski definition) is 5. The minimum atomic E-state index is -0.137. The van der Waals surface area contributed by atoms with E-state index in [-0.39, 0.29) is 12.5 Å². The fourth-order valence-electron chi connectivity index (χ4n) is 1.92. The Kier molecular flexibility index (Phi) is 7.54. The molecule has 0 bridgehead atoms. The third kappa shape index (κ3) is 7.10. The molecule has 0 aliphatic heterocycles. The van der Waals surface area contributed by atoms with E-state index in [4.69, 9.17) is 10.00 Å². The number of benzene rings is 2. The number of hydrogen-bond donors (Lipinski definition) is 1. The monoisotopic (exact) mass is 353 g/mol. The number of carbonyl (C=O) groups excluding carboxylic acids is 1. The molecule has 2 rings (SSSR count). The van der Waals surface area contributed by atoms with E-state index in [0.29, 0.717) is 11.5 Å². The molecule has 2 aromatic carbocycles. The van der Waals surface area contributed by atoms with Crippen LogP contribution in [0.25, 0.3) is 0 Å². The fraction of sp³-hybridized carbons (Fsp3) is 0.211. The van der Waals surface area contributed by atoms with Crippen molar-refractivity contribution in [1.29, 1.82) is 5.26 Å². The van der Waals surface area contributed by atoms with Crippen LogP contribution in [0.15, 0.2) is 53.6 Å². The first-order valence-corrected chi connectivity index (χ1v) is 8.88. The topological polar surface area (TPSA) is 74.5 Å². The van der Waals surface area contributed by atoms with Crippen molar-refractivity contribution in [2.24, 2.45) is 5.10 Å². The maximum absolute atomic E-state index is 11.8. The molecule has 0 atom stereocenters. The van der Waals surface area contributed by atoms with Gasteiger partial charge in [0, 0.05) is 5.75 Å². The number of aryl methyl sites for hydroxylation is 1. The van der Waals surface area contributed by atoms with Gasteiger partial charge in [0.25, 0.3) is 0 Å². The first-order chi connectivity index (χ1) is 12.2. The lowest BCUT2D eigenvalue weighted by molar-refractivity contribution is -0.118.